The summed E-state index contributed by atoms with van der Waals surface area (Å²) in [6.07, 6.45) is 0. The minimum Gasteiger partial charge on any atom is -0.411 e. The van der Waals surface area contributed by atoms with Gasteiger partial charge in [-0.3, -0.25) is 0 Å². The van der Waals surface area contributed by atoms with Gasteiger partial charge in [-0.2, -0.15) is 0 Å². The molecule has 2 heterocycles. The van der Waals surface area contributed by atoms with E-state index in [1.807, 2.05) is 6.07 Å². The van der Waals surface area contributed by atoms with Crippen molar-refractivity contribution in [1.29, 1.82) is 0 Å². The average Bonchev–Trinajstić information content (AvgIpc) is 3.04. The molecule has 0 saturated heterocycles. The molecule has 0 unspecified atom stereocenters. The lowest BCUT2D eigenvalue weighted by molar-refractivity contribution is -0.635. The highest BCUT2D eigenvalue weighted by Gasteiger charge is 2.22. The predicted molar refractivity (Wildman–Crippen MR) is 105 cm³/mol. The molecular weight excluding hydrogens is 320 g/mol. The third kappa shape index (κ3) is 2.70. The molecule has 0 atom stereocenters. The molecule has 0 N–H and O–H groups in total. The predicted octanol–water partition coefficient (Wildman–Crippen LogP) is 5.22. The highest BCUT2D eigenvalue weighted by atomic mass is 16.3. The average molecular weight is 343 g/mol. The van der Waals surface area contributed by atoms with Gasteiger partial charge < -0.3 is 4.42 Å². The van der Waals surface area contributed by atoms with Crippen LogP contribution < -0.4 is 4.57 Å². The Hall–Kier alpha value is -2.94. The fraction of sp³-hybridized carbons (Fsp3) is 0.217. The fourth-order valence-corrected chi connectivity index (χ4v) is 3.45. The number of aromatic nitrogens is 2. The normalized spacial score (nSPS) is 11.3. The van der Waals surface area contributed by atoms with Gasteiger partial charge in [0.15, 0.2) is 0 Å². The second-order valence-corrected chi connectivity index (χ2v) is 7.10. The summed E-state index contributed by atoms with van der Waals surface area (Å²) in [5.74, 6) is 0.657. The van der Waals surface area contributed by atoms with E-state index in [1.165, 1.54) is 27.8 Å². The lowest BCUT2D eigenvalue weighted by atomic mass is 9.97. The molecule has 0 amide bonds. The molecular formula is C23H23N2O+. The number of benzene rings is 2. The van der Waals surface area contributed by atoms with Crippen LogP contribution in [-0.4, -0.2) is 4.98 Å². The van der Waals surface area contributed by atoms with Crippen LogP contribution in [0.4, 0.5) is 0 Å². The Morgan fingerprint density at radius 2 is 1.58 bits per heavy atom. The van der Waals surface area contributed by atoms with Gasteiger partial charge in [0.1, 0.15) is 5.69 Å². The Labute approximate surface area is 153 Å². The van der Waals surface area contributed by atoms with Gasteiger partial charge in [0, 0.05) is 10.5 Å². The van der Waals surface area contributed by atoms with Gasteiger partial charge in [0.25, 0.3) is 0 Å². The van der Waals surface area contributed by atoms with Crippen molar-refractivity contribution in [3.8, 4) is 22.7 Å². The summed E-state index contributed by atoms with van der Waals surface area (Å²) in [5, 5.41) is 0. The summed E-state index contributed by atoms with van der Waals surface area (Å²) in [5.41, 5.74) is 10.1. The van der Waals surface area contributed by atoms with Crippen molar-refractivity contribution in [2.24, 2.45) is 7.05 Å². The summed E-state index contributed by atoms with van der Waals surface area (Å²) in [6.45, 7) is 8.55. The van der Waals surface area contributed by atoms with Crippen molar-refractivity contribution in [3.63, 3.8) is 0 Å². The maximum Gasteiger partial charge on any atom is 0.370 e. The van der Waals surface area contributed by atoms with E-state index in [-0.39, 0.29) is 0 Å². The topological polar surface area (TPSA) is 29.9 Å². The molecule has 0 bridgehead atoms. The molecule has 2 aromatic heterocycles. The third-order valence-corrected chi connectivity index (χ3v) is 5.09. The summed E-state index contributed by atoms with van der Waals surface area (Å²) in [6, 6.07) is 16.9. The minimum absolute atomic E-state index is 0.657. The first kappa shape index (κ1) is 16.5. The van der Waals surface area contributed by atoms with Crippen LogP contribution in [0.3, 0.4) is 0 Å². The second kappa shape index (κ2) is 6.10. The molecule has 0 aliphatic rings. The molecule has 2 aromatic carbocycles. The molecule has 3 nitrogen and oxygen atoms in total. The minimum atomic E-state index is 0.657. The number of fused-ring (bicyclic) bond motifs is 1. The van der Waals surface area contributed by atoms with Gasteiger partial charge in [-0.1, -0.05) is 29.3 Å². The van der Waals surface area contributed by atoms with Gasteiger partial charge in [-0.05, 0) is 69.2 Å². The van der Waals surface area contributed by atoms with Crippen molar-refractivity contribution in [2.45, 2.75) is 27.7 Å². The van der Waals surface area contributed by atoms with Crippen LogP contribution in [0.2, 0.25) is 0 Å². The molecule has 0 aliphatic carbocycles. The number of nitrogens with zero attached hydrogens (tertiary/aromatic N) is 2. The number of aryl methyl sites for hydroxylation is 4. The number of hydrogen-bond donors (Lipinski definition) is 0. The summed E-state index contributed by atoms with van der Waals surface area (Å²) >= 11 is 0. The van der Waals surface area contributed by atoms with Crippen molar-refractivity contribution in [3.05, 3.63) is 70.8 Å². The second-order valence-electron chi connectivity index (χ2n) is 7.10. The number of rotatable bonds is 2. The Kier molecular flexibility index (Phi) is 3.87. The lowest BCUT2D eigenvalue weighted by Gasteiger charge is -2.10. The molecule has 0 radical (unpaired) electrons. The Bertz CT molecular complexity index is 1120. The van der Waals surface area contributed by atoms with Crippen LogP contribution in [0.5, 0.6) is 0 Å². The van der Waals surface area contributed by atoms with E-state index in [2.05, 4.69) is 81.8 Å². The highest BCUT2D eigenvalue weighted by molar-refractivity contribution is 5.73. The largest absolute Gasteiger partial charge is 0.411 e. The zero-order valence-electron chi connectivity index (χ0n) is 15.9. The van der Waals surface area contributed by atoms with E-state index in [1.54, 1.807) is 0 Å². The quantitative estimate of drug-likeness (QED) is 0.467. The molecule has 3 heteroatoms. The molecule has 4 aromatic rings. The van der Waals surface area contributed by atoms with Crippen LogP contribution in [0.1, 0.15) is 22.3 Å². The van der Waals surface area contributed by atoms with Gasteiger partial charge in [-0.25, -0.2) is 4.57 Å². The number of pyridine rings is 1. The van der Waals surface area contributed by atoms with E-state index >= 15 is 0 Å². The molecule has 0 aliphatic heterocycles. The molecule has 0 saturated carbocycles. The van der Waals surface area contributed by atoms with Crippen LogP contribution in [0.25, 0.3) is 33.9 Å². The first-order chi connectivity index (χ1) is 12.4. The van der Waals surface area contributed by atoms with Crippen LogP contribution in [0, 0.1) is 27.7 Å². The van der Waals surface area contributed by atoms with E-state index < -0.39 is 0 Å². The van der Waals surface area contributed by atoms with Crippen LogP contribution in [0.15, 0.2) is 52.9 Å². The molecule has 0 spiro atoms. The molecule has 26 heavy (non-hydrogen) atoms. The lowest BCUT2D eigenvalue weighted by Crippen LogP contribution is -2.32. The molecule has 4 rings (SSSR count). The number of oxazole rings is 1. The summed E-state index contributed by atoms with van der Waals surface area (Å²) in [4.78, 5) is 4.77. The summed E-state index contributed by atoms with van der Waals surface area (Å²) in [7, 11) is 2.05. The summed E-state index contributed by atoms with van der Waals surface area (Å²) < 4.78 is 8.13. The van der Waals surface area contributed by atoms with Gasteiger partial charge >= 0.3 is 11.5 Å². The monoisotopic (exact) mass is 343 g/mol. The van der Waals surface area contributed by atoms with Crippen molar-refractivity contribution in [2.75, 3.05) is 0 Å². The zero-order valence-corrected chi connectivity index (χ0v) is 15.9. The zero-order chi connectivity index (χ0) is 18.4. The van der Waals surface area contributed by atoms with Crippen molar-refractivity contribution >= 4 is 11.2 Å². The SMILES string of the molecule is Cc1ccc(-c2nc3c(ccc(-c4cc(C)cc(C)c4C)[n+]3C)o2)cc1. The van der Waals surface area contributed by atoms with Crippen molar-refractivity contribution < 1.29 is 8.98 Å². The Balaban J connectivity index is 1.89. The van der Waals surface area contributed by atoms with Gasteiger partial charge in [0.2, 0.25) is 5.58 Å². The van der Waals surface area contributed by atoms with Crippen LogP contribution >= 0.6 is 0 Å². The van der Waals surface area contributed by atoms with Gasteiger partial charge in [0.05, 0.1) is 12.6 Å². The van der Waals surface area contributed by atoms with E-state index in [0.717, 1.165) is 22.5 Å². The van der Waals surface area contributed by atoms with Gasteiger partial charge in [-0.15, -0.1) is 0 Å². The highest BCUT2D eigenvalue weighted by Crippen LogP contribution is 2.28. The first-order valence-corrected chi connectivity index (χ1v) is 8.89. The standard InChI is InChI=1S/C23H23N2O/c1-14-6-8-18(9-7-14)23-24-22-21(26-23)11-10-20(25(22)5)19-13-15(2)12-16(3)17(19)4/h6-13H,1-5H3/q+1. The Morgan fingerprint density at radius 1 is 0.846 bits per heavy atom. The molecule has 0 fully saturated rings. The smallest absolute Gasteiger partial charge is 0.370 e. The maximum absolute atomic E-state index is 6.01. The maximum atomic E-state index is 6.01. The molecule has 130 valence electrons. The van der Waals surface area contributed by atoms with Crippen molar-refractivity contribution in [1.82, 2.24) is 4.98 Å². The van der Waals surface area contributed by atoms with E-state index in [9.17, 15) is 0 Å². The third-order valence-electron chi connectivity index (χ3n) is 5.09. The van der Waals surface area contributed by atoms with E-state index in [0.29, 0.717) is 5.89 Å². The van der Waals surface area contributed by atoms with Crippen LogP contribution in [-0.2, 0) is 7.05 Å². The Morgan fingerprint density at radius 3 is 2.31 bits per heavy atom. The fourth-order valence-electron chi connectivity index (χ4n) is 3.45. The van der Waals surface area contributed by atoms with E-state index in [4.69, 9.17) is 9.40 Å². The first-order valence-electron chi connectivity index (χ1n) is 8.89. The number of hydrogen-bond acceptors (Lipinski definition) is 2.